The number of carboxylic acids is 1. The van der Waals surface area contributed by atoms with Crippen LogP contribution in [-0.2, 0) is 16.1 Å². The molecule has 48 heavy (non-hydrogen) atoms. The first-order valence-electron chi connectivity index (χ1n) is 15.5. The van der Waals surface area contributed by atoms with Gasteiger partial charge in [-0.2, -0.15) is 5.26 Å². The number of nitrogens with zero attached hydrogens (tertiary/aromatic N) is 3. The minimum absolute atomic E-state index is 0.0474. The summed E-state index contributed by atoms with van der Waals surface area (Å²) in [4.78, 5) is 54.9. The summed E-state index contributed by atoms with van der Waals surface area (Å²) in [5, 5.41) is 24.2. The van der Waals surface area contributed by atoms with Gasteiger partial charge in [0.05, 0.1) is 35.5 Å². The third-order valence-electron chi connectivity index (χ3n) is 8.04. The lowest BCUT2D eigenvalue weighted by Crippen LogP contribution is -2.49. The summed E-state index contributed by atoms with van der Waals surface area (Å²) in [7, 11) is 0. The van der Waals surface area contributed by atoms with Crippen LogP contribution in [0.2, 0.25) is 0 Å². The molecule has 244 valence electrons. The molecule has 0 bridgehead atoms. The second-order valence-electron chi connectivity index (χ2n) is 11.4. The van der Waals surface area contributed by atoms with Gasteiger partial charge in [0.1, 0.15) is 6.61 Å². The highest BCUT2D eigenvalue weighted by Gasteiger charge is 2.26. The van der Waals surface area contributed by atoms with Gasteiger partial charge in [0.15, 0.2) is 0 Å². The molecule has 3 N–H and O–H groups in total. The van der Waals surface area contributed by atoms with E-state index in [1.165, 1.54) is 6.07 Å². The fraction of sp³-hybridized carbons (Fsp3) is 0.216. The quantitative estimate of drug-likeness (QED) is 0.204. The van der Waals surface area contributed by atoms with Crippen molar-refractivity contribution in [2.24, 2.45) is 0 Å². The molecular formula is C37H35N5O6. The maximum absolute atomic E-state index is 13.5. The molecule has 0 saturated carbocycles. The number of benzene rings is 4. The lowest BCUT2D eigenvalue weighted by atomic mass is 10.0. The Kier molecular flexibility index (Phi) is 10.7. The van der Waals surface area contributed by atoms with Gasteiger partial charge in [-0.3, -0.25) is 19.7 Å². The number of amides is 3. The zero-order valence-electron chi connectivity index (χ0n) is 26.4. The summed E-state index contributed by atoms with van der Waals surface area (Å²) in [5.41, 5.74) is 4.62. The average Bonchev–Trinajstić information content (AvgIpc) is 3.11. The third kappa shape index (κ3) is 8.55. The molecule has 4 aromatic carbocycles. The molecule has 1 unspecified atom stereocenters. The lowest BCUT2D eigenvalue weighted by Gasteiger charge is -2.37. The van der Waals surface area contributed by atoms with Crippen LogP contribution in [0.15, 0.2) is 97.1 Å². The van der Waals surface area contributed by atoms with Gasteiger partial charge in [-0.1, -0.05) is 60.2 Å². The number of ether oxygens (including phenoxy) is 1. The topological polar surface area (TPSA) is 152 Å². The summed E-state index contributed by atoms with van der Waals surface area (Å²) in [6.45, 7) is 3.69. The van der Waals surface area contributed by atoms with Crippen LogP contribution in [0.5, 0.6) is 0 Å². The minimum atomic E-state index is -1.06. The van der Waals surface area contributed by atoms with Crippen LogP contribution >= 0.6 is 0 Å². The van der Waals surface area contributed by atoms with Crippen LogP contribution in [-0.4, -0.2) is 60.1 Å². The summed E-state index contributed by atoms with van der Waals surface area (Å²) in [6.07, 6.45) is -1.02. The highest BCUT2D eigenvalue weighted by Crippen LogP contribution is 2.30. The first-order valence-corrected chi connectivity index (χ1v) is 15.5. The van der Waals surface area contributed by atoms with Crippen molar-refractivity contribution in [1.29, 1.82) is 5.26 Å². The van der Waals surface area contributed by atoms with E-state index in [1.54, 1.807) is 53.4 Å². The van der Waals surface area contributed by atoms with Crippen LogP contribution in [0, 0.1) is 18.3 Å². The second kappa shape index (κ2) is 15.4. The van der Waals surface area contributed by atoms with Gasteiger partial charge in [-0.25, -0.2) is 4.79 Å². The number of nitriles is 1. The van der Waals surface area contributed by atoms with E-state index in [-0.39, 0.29) is 24.5 Å². The van der Waals surface area contributed by atoms with Crippen molar-refractivity contribution in [3.8, 4) is 6.07 Å². The minimum Gasteiger partial charge on any atom is -0.481 e. The van der Waals surface area contributed by atoms with E-state index in [0.29, 0.717) is 54.2 Å². The number of hydrogen-bond donors (Lipinski definition) is 3. The van der Waals surface area contributed by atoms with E-state index in [4.69, 9.17) is 10.00 Å². The number of carbonyl (C=O) groups is 4. The SMILES string of the molecule is Cc1ccc(C(CC(=O)O)NC(=O)c2ccc(N3CCN(C(=O)c4ccc(C#N)cc4)CC3)c(NC(=O)OCc3ccccc3)c2)cc1. The zero-order valence-corrected chi connectivity index (χ0v) is 26.4. The van der Waals surface area contributed by atoms with E-state index in [2.05, 4.69) is 10.6 Å². The largest absolute Gasteiger partial charge is 0.481 e. The van der Waals surface area contributed by atoms with Gasteiger partial charge in [0.25, 0.3) is 11.8 Å². The Balaban J connectivity index is 1.34. The van der Waals surface area contributed by atoms with E-state index in [9.17, 15) is 24.3 Å². The fourth-order valence-electron chi connectivity index (χ4n) is 5.41. The van der Waals surface area contributed by atoms with Gasteiger partial charge >= 0.3 is 12.1 Å². The predicted octanol–water partition coefficient (Wildman–Crippen LogP) is 5.52. The molecule has 11 heteroatoms. The van der Waals surface area contributed by atoms with E-state index < -0.39 is 24.0 Å². The third-order valence-corrected chi connectivity index (χ3v) is 8.04. The van der Waals surface area contributed by atoms with Crippen LogP contribution in [0.4, 0.5) is 16.2 Å². The Morgan fingerprint density at radius 2 is 1.54 bits per heavy atom. The van der Waals surface area contributed by atoms with Crippen molar-refractivity contribution in [2.45, 2.75) is 26.0 Å². The van der Waals surface area contributed by atoms with Crippen molar-refractivity contribution < 1.29 is 29.0 Å². The molecule has 5 rings (SSSR count). The molecule has 0 spiro atoms. The Labute approximate surface area is 278 Å². The molecule has 1 saturated heterocycles. The molecule has 0 radical (unpaired) electrons. The maximum Gasteiger partial charge on any atom is 0.412 e. The van der Waals surface area contributed by atoms with Crippen molar-refractivity contribution in [3.05, 3.63) is 130 Å². The van der Waals surface area contributed by atoms with Gasteiger partial charge in [-0.05, 0) is 60.5 Å². The van der Waals surface area contributed by atoms with Crippen LogP contribution in [0.3, 0.4) is 0 Å². The molecule has 1 fully saturated rings. The highest BCUT2D eigenvalue weighted by molar-refractivity contribution is 5.99. The summed E-state index contributed by atoms with van der Waals surface area (Å²) < 4.78 is 5.46. The predicted molar refractivity (Wildman–Crippen MR) is 180 cm³/mol. The Morgan fingerprint density at radius 3 is 2.19 bits per heavy atom. The molecule has 0 aliphatic carbocycles. The van der Waals surface area contributed by atoms with Gasteiger partial charge in [0.2, 0.25) is 0 Å². The Hall–Kier alpha value is -6.15. The molecule has 11 nitrogen and oxygen atoms in total. The monoisotopic (exact) mass is 645 g/mol. The number of nitrogens with one attached hydrogen (secondary N) is 2. The van der Waals surface area contributed by atoms with Crippen molar-refractivity contribution in [1.82, 2.24) is 10.2 Å². The lowest BCUT2D eigenvalue weighted by molar-refractivity contribution is -0.137. The molecule has 1 aliphatic rings. The molecule has 1 atom stereocenters. The molecule has 0 aromatic heterocycles. The first kappa shape index (κ1) is 33.2. The summed E-state index contributed by atoms with van der Waals surface area (Å²) in [6, 6.07) is 29.2. The number of rotatable bonds is 10. The molecule has 4 aromatic rings. The first-order chi connectivity index (χ1) is 23.2. The van der Waals surface area contributed by atoms with Crippen LogP contribution in [0.1, 0.15) is 55.4 Å². The second-order valence-corrected chi connectivity index (χ2v) is 11.4. The van der Waals surface area contributed by atoms with Crippen molar-refractivity contribution in [2.75, 3.05) is 36.4 Å². The van der Waals surface area contributed by atoms with E-state index in [0.717, 1.165) is 11.1 Å². The van der Waals surface area contributed by atoms with Gasteiger partial charge in [0, 0.05) is 37.3 Å². The number of hydrogen-bond acceptors (Lipinski definition) is 7. The standard InChI is InChI=1S/C37H35N5O6/c1-25-7-11-28(12-8-25)31(22-34(43)44)39-35(45)30-15-16-33(32(21-30)40-37(47)48-24-27-5-3-2-4-6-27)41-17-19-42(20-18-41)36(46)29-13-9-26(23-38)10-14-29/h2-16,21,31H,17-20,22,24H2,1H3,(H,39,45)(H,40,47)(H,43,44). The van der Waals surface area contributed by atoms with E-state index in [1.807, 2.05) is 60.4 Å². The smallest absolute Gasteiger partial charge is 0.412 e. The highest BCUT2D eigenvalue weighted by atomic mass is 16.5. The number of anilines is 2. The maximum atomic E-state index is 13.5. The molecule has 3 amide bonds. The fourth-order valence-corrected chi connectivity index (χ4v) is 5.41. The number of aryl methyl sites for hydroxylation is 1. The average molecular weight is 646 g/mol. The number of piperazine rings is 1. The summed E-state index contributed by atoms with van der Waals surface area (Å²) >= 11 is 0. The molecule has 1 aliphatic heterocycles. The van der Waals surface area contributed by atoms with Crippen LogP contribution < -0.4 is 15.5 Å². The number of carboxylic acid groups (broad SMARTS) is 1. The Morgan fingerprint density at radius 1 is 0.875 bits per heavy atom. The van der Waals surface area contributed by atoms with Gasteiger partial charge < -0.3 is 25.0 Å². The van der Waals surface area contributed by atoms with Gasteiger partial charge in [-0.15, -0.1) is 0 Å². The summed E-state index contributed by atoms with van der Waals surface area (Å²) in [5.74, 6) is -1.71. The Bertz CT molecular complexity index is 1810. The normalized spacial score (nSPS) is 13.2. The number of aliphatic carboxylic acids is 1. The number of carbonyl (C=O) groups excluding carboxylic acids is 3. The molecular weight excluding hydrogens is 610 g/mol. The van der Waals surface area contributed by atoms with Crippen molar-refractivity contribution >= 4 is 35.3 Å². The van der Waals surface area contributed by atoms with Crippen molar-refractivity contribution in [3.63, 3.8) is 0 Å². The molecule has 1 heterocycles. The van der Waals surface area contributed by atoms with Crippen LogP contribution in [0.25, 0.3) is 0 Å². The van der Waals surface area contributed by atoms with E-state index >= 15 is 0 Å². The zero-order chi connectivity index (χ0) is 34.0.